The van der Waals surface area contributed by atoms with E-state index in [1.807, 2.05) is 19.1 Å². The van der Waals surface area contributed by atoms with E-state index < -0.39 is 0 Å². The number of carbonyl (C=O) groups is 2. The van der Waals surface area contributed by atoms with Gasteiger partial charge in [-0.05, 0) is 30.5 Å². The predicted molar refractivity (Wildman–Crippen MR) is 83.6 cm³/mol. The first-order chi connectivity index (χ1) is 9.63. The molecule has 0 saturated carbocycles. The predicted octanol–water partition coefficient (Wildman–Crippen LogP) is 1.39. The molecular formula is C15H20ClN3O2. The molecule has 2 heterocycles. The summed E-state index contributed by atoms with van der Waals surface area (Å²) in [4.78, 5) is 23.3. The fourth-order valence-electron chi connectivity index (χ4n) is 2.56. The third kappa shape index (κ3) is 3.36. The van der Waals surface area contributed by atoms with E-state index in [0.29, 0.717) is 6.42 Å². The summed E-state index contributed by atoms with van der Waals surface area (Å²) in [6.45, 7) is 3.54. The molecule has 2 amide bonds. The second kappa shape index (κ2) is 6.45. The Kier molecular flexibility index (Phi) is 4.85. The Morgan fingerprint density at radius 3 is 2.76 bits per heavy atom. The van der Waals surface area contributed by atoms with Crippen LogP contribution < -0.4 is 16.0 Å². The van der Waals surface area contributed by atoms with Crippen LogP contribution in [0.4, 0.5) is 5.69 Å². The summed E-state index contributed by atoms with van der Waals surface area (Å²) in [6, 6.07) is 5.97. The van der Waals surface area contributed by atoms with E-state index >= 15 is 0 Å². The van der Waals surface area contributed by atoms with Crippen LogP contribution in [0.3, 0.4) is 0 Å². The summed E-state index contributed by atoms with van der Waals surface area (Å²) < 4.78 is 0. The molecule has 114 valence electrons. The highest BCUT2D eigenvalue weighted by Crippen LogP contribution is 2.26. The molecular weight excluding hydrogens is 290 g/mol. The van der Waals surface area contributed by atoms with Gasteiger partial charge in [-0.15, -0.1) is 12.4 Å². The van der Waals surface area contributed by atoms with E-state index in [9.17, 15) is 9.59 Å². The number of hydrogen-bond donors (Lipinski definition) is 3. The van der Waals surface area contributed by atoms with Crippen LogP contribution in [0.1, 0.15) is 30.5 Å². The summed E-state index contributed by atoms with van der Waals surface area (Å²) in [5.41, 5.74) is 3.13. The molecule has 2 aliphatic heterocycles. The van der Waals surface area contributed by atoms with Crippen LogP contribution in [0.25, 0.3) is 0 Å². The molecule has 3 N–H and O–H groups in total. The van der Waals surface area contributed by atoms with Crippen molar-refractivity contribution in [3.63, 3.8) is 0 Å². The van der Waals surface area contributed by atoms with E-state index in [-0.39, 0.29) is 36.2 Å². The highest BCUT2D eigenvalue weighted by molar-refractivity contribution is 5.93. The standard InChI is InChI=1S/C15H19N3O2.ClH/c1-9(17-15(20)12-7-16-8-12)10-2-4-13-11(6-10)3-5-14(19)18-13;/h2,4,6,9,12,16H,3,5,7-8H2,1H3,(H,17,20)(H,18,19);1H. The van der Waals surface area contributed by atoms with Gasteiger partial charge in [0.2, 0.25) is 11.8 Å². The van der Waals surface area contributed by atoms with Crippen molar-refractivity contribution in [1.29, 1.82) is 0 Å². The lowest BCUT2D eigenvalue weighted by Gasteiger charge is -2.28. The molecule has 0 spiro atoms. The zero-order valence-electron chi connectivity index (χ0n) is 11.9. The van der Waals surface area contributed by atoms with Gasteiger partial charge in [0.1, 0.15) is 0 Å². The molecule has 1 atom stereocenters. The number of amides is 2. The Balaban J connectivity index is 0.00000161. The number of fused-ring (bicyclic) bond motifs is 1. The van der Waals surface area contributed by atoms with Crippen LogP contribution in [-0.2, 0) is 16.0 Å². The Bertz CT molecular complexity index is 558. The average molecular weight is 310 g/mol. The van der Waals surface area contributed by atoms with Crippen LogP contribution in [0, 0.1) is 5.92 Å². The maximum absolute atomic E-state index is 11.9. The number of halogens is 1. The van der Waals surface area contributed by atoms with E-state index in [1.54, 1.807) is 0 Å². The molecule has 1 aromatic rings. The first-order valence-electron chi connectivity index (χ1n) is 7.07. The molecule has 6 heteroatoms. The van der Waals surface area contributed by atoms with Crippen molar-refractivity contribution >= 4 is 29.9 Å². The van der Waals surface area contributed by atoms with Gasteiger partial charge in [0.25, 0.3) is 0 Å². The zero-order valence-corrected chi connectivity index (χ0v) is 12.8. The van der Waals surface area contributed by atoms with E-state index in [0.717, 1.165) is 36.3 Å². The highest BCUT2D eigenvalue weighted by atomic mass is 35.5. The minimum absolute atomic E-state index is 0. The summed E-state index contributed by atoms with van der Waals surface area (Å²) in [6.07, 6.45) is 1.30. The number of nitrogens with one attached hydrogen (secondary N) is 3. The maximum atomic E-state index is 11.9. The summed E-state index contributed by atoms with van der Waals surface area (Å²) in [5, 5.41) is 9.02. The monoisotopic (exact) mass is 309 g/mol. The van der Waals surface area contributed by atoms with Crippen LogP contribution in [0.15, 0.2) is 18.2 Å². The average Bonchev–Trinajstić information content (AvgIpc) is 2.35. The quantitative estimate of drug-likeness (QED) is 0.790. The summed E-state index contributed by atoms with van der Waals surface area (Å²) in [7, 11) is 0. The number of benzene rings is 1. The van der Waals surface area contributed by atoms with Crippen LogP contribution in [0.2, 0.25) is 0 Å². The number of anilines is 1. The Hall–Kier alpha value is -1.59. The SMILES string of the molecule is CC(NC(=O)C1CNC1)c1ccc2c(c1)CCC(=O)N2.Cl. The normalized spacial score (nSPS) is 18.6. The number of rotatable bonds is 3. The minimum atomic E-state index is -0.00831. The molecule has 1 saturated heterocycles. The molecule has 1 aromatic carbocycles. The van der Waals surface area contributed by atoms with E-state index in [2.05, 4.69) is 22.0 Å². The number of carbonyl (C=O) groups excluding carboxylic acids is 2. The van der Waals surface area contributed by atoms with Gasteiger partial charge in [-0.25, -0.2) is 0 Å². The van der Waals surface area contributed by atoms with Crippen molar-refractivity contribution < 1.29 is 9.59 Å². The Labute approximate surface area is 130 Å². The molecule has 3 rings (SSSR count). The van der Waals surface area contributed by atoms with Crippen LogP contribution in [0.5, 0.6) is 0 Å². The van der Waals surface area contributed by atoms with Crippen molar-refractivity contribution in [3.05, 3.63) is 29.3 Å². The Morgan fingerprint density at radius 1 is 1.33 bits per heavy atom. The van der Waals surface area contributed by atoms with Gasteiger partial charge in [0, 0.05) is 25.2 Å². The van der Waals surface area contributed by atoms with E-state index in [1.165, 1.54) is 0 Å². The van der Waals surface area contributed by atoms with Crippen LogP contribution >= 0.6 is 12.4 Å². The molecule has 1 unspecified atom stereocenters. The third-order valence-electron chi connectivity index (χ3n) is 4.04. The first-order valence-corrected chi connectivity index (χ1v) is 7.07. The molecule has 21 heavy (non-hydrogen) atoms. The van der Waals surface area contributed by atoms with Gasteiger partial charge in [-0.2, -0.15) is 0 Å². The highest BCUT2D eigenvalue weighted by Gasteiger charge is 2.26. The second-order valence-electron chi connectivity index (χ2n) is 5.55. The fraction of sp³-hybridized carbons (Fsp3) is 0.467. The van der Waals surface area contributed by atoms with Gasteiger partial charge in [-0.1, -0.05) is 12.1 Å². The number of aryl methyl sites for hydroxylation is 1. The van der Waals surface area contributed by atoms with E-state index in [4.69, 9.17) is 0 Å². The topological polar surface area (TPSA) is 70.2 Å². The lowest BCUT2D eigenvalue weighted by atomic mass is 9.97. The van der Waals surface area contributed by atoms with Crippen molar-refractivity contribution in [2.24, 2.45) is 5.92 Å². The molecule has 0 bridgehead atoms. The third-order valence-corrected chi connectivity index (χ3v) is 4.04. The summed E-state index contributed by atoms with van der Waals surface area (Å²) >= 11 is 0. The van der Waals surface area contributed by atoms with Gasteiger partial charge < -0.3 is 16.0 Å². The zero-order chi connectivity index (χ0) is 14.1. The molecule has 0 radical (unpaired) electrons. The van der Waals surface area contributed by atoms with Crippen molar-refractivity contribution in [3.8, 4) is 0 Å². The van der Waals surface area contributed by atoms with Gasteiger partial charge in [0.15, 0.2) is 0 Å². The molecule has 5 nitrogen and oxygen atoms in total. The number of hydrogen-bond acceptors (Lipinski definition) is 3. The molecule has 0 aromatic heterocycles. The van der Waals surface area contributed by atoms with Gasteiger partial charge in [-0.3, -0.25) is 9.59 Å². The minimum Gasteiger partial charge on any atom is -0.349 e. The smallest absolute Gasteiger partial charge is 0.226 e. The largest absolute Gasteiger partial charge is 0.349 e. The van der Waals surface area contributed by atoms with Crippen LogP contribution in [-0.4, -0.2) is 24.9 Å². The molecule has 2 aliphatic rings. The second-order valence-corrected chi connectivity index (χ2v) is 5.55. The lowest BCUT2D eigenvalue weighted by Crippen LogP contribution is -2.51. The van der Waals surface area contributed by atoms with Crippen molar-refractivity contribution in [1.82, 2.24) is 10.6 Å². The lowest BCUT2D eigenvalue weighted by molar-refractivity contribution is -0.127. The fourth-order valence-corrected chi connectivity index (χ4v) is 2.56. The summed E-state index contributed by atoms with van der Waals surface area (Å²) in [5.74, 6) is 0.292. The first kappa shape index (κ1) is 15.8. The maximum Gasteiger partial charge on any atom is 0.226 e. The Morgan fingerprint density at radius 2 is 2.10 bits per heavy atom. The van der Waals surface area contributed by atoms with Crippen molar-refractivity contribution in [2.45, 2.75) is 25.8 Å². The van der Waals surface area contributed by atoms with Gasteiger partial charge in [0.05, 0.1) is 12.0 Å². The molecule has 0 aliphatic carbocycles. The van der Waals surface area contributed by atoms with Gasteiger partial charge >= 0.3 is 0 Å². The van der Waals surface area contributed by atoms with Crippen molar-refractivity contribution in [2.75, 3.05) is 18.4 Å². The molecule has 1 fully saturated rings.